The standard InChI is InChI=1S/C30H30ClN5O5/c1-4-22-24(39-18(2)37)25(40-19(3)38)28(41-22)36-17-32-23-26(33-29(31)34-27(23)36)35-15-30(16-35,20-11-7-5-8-12-20)21-13-9-6-10-14-21/h5-14,17,22,24-25,28H,4,15-16H2,1-3H3/t22-,24+,25?,28-/m1/s1. The molecule has 0 N–H and O–H groups in total. The van der Waals surface area contributed by atoms with E-state index in [0.29, 0.717) is 36.5 Å². The molecule has 0 aliphatic carbocycles. The normalized spacial score (nSPS) is 23.3. The highest BCUT2D eigenvalue weighted by Crippen LogP contribution is 2.44. The van der Waals surface area contributed by atoms with E-state index in [2.05, 4.69) is 68.4 Å². The van der Waals surface area contributed by atoms with Crippen molar-refractivity contribution in [1.82, 2.24) is 19.5 Å². The van der Waals surface area contributed by atoms with E-state index >= 15 is 0 Å². The van der Waals surface area contributed by atoms with Crippen LogP contribution >= 0.6 is 11.6 Å². The Morgan fingerprint density at radius 3 is 2.10 bits per heavy atom. The Morgan fingerprint density at radius 1 is 0.951 bits per heavy atom. The van der Waals surface area contributed by atoms with E-state index in [9.17, 15) is 9.59 Å². The largest absolute Gasteiger partial charge is 0.456 e. The lowest BCUT2D eigenvalue weighted by atomic mass is 9.68. The quantitative estimate of drug-likeness (QED) is 0.233. The van der Waals surface area contributed by atoms with Crippen LogP contribution in [0, 0.1) is 0 Å². The molecule has 0 radical (unpaired) electrons. The molecule has 2 aliphatic rings. The Bertz CT molecular complexity index is 1530. The SMILES string of the molecule is CC[C@H]1O[C@@H](n2cnc3c(N4CC(c5ccccc5)(c5ccccc5)C4)nc(Cl)nc32)C(OC(C)=O)[C@H]1OC(C)=O. The molecule has 0 spiro atoms. The van der Waals surface area contributed by atoms with Gasteiger partial charge in [-0.05, 0) is 29.1 Å². The van der Waals surface area contributed by atoms with Crippen molar-refractivity contribution in [3.05, 3.63) is 83.4 Å². The fourth-order valence-electron chi connectivity index (χ4n) is 6.00. The number of ether oxygens (including phenoxy) is 3. The monoisotopic (exact) mass is 575 g/mol. The molecular weight excluding hydrogens is 546 g/mol. The summed E-state index contributed by atoms with van der Waals surface area (Å²) in [5.74, 6) is -0.406. The van der Waals surface area contributed by atoms with Crippen LogP contribution in [0.3, 0.4) is 0 Å². The Labute approximate surface area is 242 Å². The highest BCUT2D eigenvalue weighted by atomic mass is 35.5. The number of nitrogens with zero attached hydrogens (tertiary/aromatic N) is 5. The van der Waals surface area contributed by atoms with Crippen LogP contribution in [0.15, 0.2) is 67.0 Å². The number of fused-ring (bicyclic) bond motifs is 1. The van der Waals surface area contributed by atoms with Gasteiger partial charge >= 0.3 is 11.9 Å². The number of carbonyl (C=O) groups is 2. The molecule has 11 heteroatoms. The average Bonchev–Trinajstić information content (AvgIpc) is 3.49. The summed E-state index contributed by atoms with van der Waals surface area (Å²) >= 11 is 6.48. The van der Waals surface area contributed by atoms with E-state index in [1.54, 1.807) is 10.9 Å². The van der Waals surface area contributed by atoms with Crippen molar-refractivity contribution in [3.8, 4) is 0 Å². The summed E-state index contributed by atoms with van der Waals surface area (Å²) in [4.78, 5) is 39.8. The highest BCUT2D eigenvalue weighted by Gasteiger charge is 2.50. The van der Waals surface area contributed by atoms with Gasteiger partial charge < -0.3 is 19.1 Å². The van der Waals surface area contributed by atoms with Gasteiger partial charge in [0, 0.05) is 26.9 Å². The van der Waals surface area contributed by atoms with E-state index in [1.165, 1.54) is 25.0 Å². The Morgan fingerprint density at radius 2 is 1.54 bits per heavy atom. The topological polar surface area (TPSA) is 109 Å². The van der Waals surface area contributed by atoms with Crippen LogP contribution in [-0.2, 0) is 29.2 Å². The molecular formula is C30H30ClN5O5. The third-order valence-electron chi connectivity index (χ3n) is 7.82. The zero-order valence-corrected chi connectivity index (χ0v) is 23.7. The molecule has 212 valence electrons. The Balaban J connectivity index is 1.37. The molecule has 2 saturated heterocycles. The van der Waals surface area contributed by atoms with Crippen LogP contribution in [0.5, 0.6) is 0 Å². The molecule has 2 aromatic heterocycles. The molecule has 4 atom stereocenters. The first kappa shape index (κ1) is 27.2. The third-order valence-corrected chi connectivity index (χ3v) is 7.98. The fraction of sp³-hybridized carbons (Fsp3) is 0.367. The van der Waals surface area contributed by atoms with Gasteiger partial charge in [-0.1, -0.05) is 67.6 Å². The maximum Gasteiger partial charge on any atom is 0.303 e. The van der Waals surface area contributed by atoms with Crippen molar-refractivity contribution in [1.29, 1.82) is 0 Å². The lowest BCUT2D eigenvalue weighted by Gasteiger charge is -2.51. The number of carbonyl (C=O) groups excluding carboxylic acids is 2. The van der Waals surface area contributed by atoms with Gasteiger partial charge in [0.25, 0.3) is 0 Å². The zero-order valence-electron chi connectivity index (χ0n) is 22.9. The highest BCUT2D eigenvalue weighted by molar-refractivity contribution is 6.28. The number of hydrogen-bond acceptors (Lipinski definition) is 9. The number of esters is 2. The van der Waals surface area contributed by atoms with Crippen LogP contribution in [-0.4, -0.2) is 62.9 Å². The summed E-state index contributed by atoms with van der Waals surface area (Å²) < 4.78 is 19.1. The van der Waals surface area contributed by atoms with Crippen LogP contribution in [0.2, 0.25) is 5.28 Å². The molecule has 0 amide bonds. The van der Waals surface area contributed by atoms with E-state index in [1.807, 2.05) is 19.1 Å². The number of aromatic nitrogens is 4. The molecule has 2 aliphatic heterocycles. The van der Waals surface area contributed by atoms with E-state index in [0.717, 1.165) is 0 Å². The summed E-state index contributed by atoms with van der Waals surface area (Å²) in [5.41, 5.74) is 3.18. The Kier molecular flexibility index (Phi) is 7.13. The fourth-order valence-corrected chi connectivity index (χ4v) is 6.16. The van der Waals surface area contributed by atoms with Gasteiger partial charge in [0.2, 0.25) is 5.28 Å². The summed E-state index contributed by atoms with van der Waals surface area (Å²) in [7, 11) is 0. The van der Waals surface area contributed by atoms with Gasteiger partial charge in [0.05, 0.1) is 11.7 Å². The predicted molar refractivity (Wildman–Crippen MR) is 152 cm³/mol. The van der Waals surface area contributed by atoms with Crippen LogP contribution in [0.25, 0.3) is 11.2 Å². The lowest BCUT2D eigenvalue weighted by Crippen LogP contribution is -2.60. The molecule has 41 heavy (non-hydrogen) atoms. The van der Waals surface area contributed by atoms with E-state index in [-0.39, 0.29) is 10.7 Å². The molecule has 0 bridgehead atoms. The Hall–Kier alpha value is -4.02. The molecule has 1 unspecified atom stereocenters. The van der Waals surface area contributed by atoms with E-state index < -0.39 is 36.5 Å². The van der Waals surface area contributed by atoms with Crippen LogP contribution in [0.1, 0.15) is 44.5 Å². The summed E-state index contributed by atoms with van der Waals surface area (Å²) in [6.45, 7) is 5.86. The van der Waals surface area contributed by atoms with Gasteiger partial charge in [0.1, 0.15) is 6.10 Å². The average molecular weight is 576 g/mol. The van der Waals surface area contributed by atoms with Gasteiger partial charge in [-0.15, -0.1) is 0 Å². The summed E-state index contributed by atoms with van der Waals surface area (Å²) in [6.07, 6.45) is -0.896. The predicted octanol–water partition coefficient (Wildman–Crippen LogP) is 4.46. The smallest absolute Gasteiger partial charge is 0.303 e. The first-order chi connectivity index (χ1) is 19.8. The summed E-state index contributed by atoms with van der Waals surface area (Å²) in [5, 5.41) is 0.0526. The van der Waals surface area contributed by atoms with Gasteiger partial charge in [-0.3, -0.25) is 14.2 Å². The first-order valence-electron chi connectivity index (χ1n) is 13.6. The molecule has 4 aromatic rings. The molecule has 6 rings (SSSR count). The number of imidazole rings is 1. The minimum atomic E-state index is -0.899. The second-order valence-corrected chi connectivity index (χ2v) is 10.8. The van der Waals surface area contributed by atoms with E-state index in [4.69, 9.17) is 25.8 Å². The molecule has 0 saturated carbocycles. The number of hydrogen-bond donors (Lipinski definition) is 0. The minimum absolute atomic E-state index is 0.0526. The van der Waals surface area contributed by atoms with Crippen molar-refractivity contribution in [3.63, 3.8) is 0 Å². The zero-order chi connectivity index (χ0) is 28.7. The first-order valence-corrected chi connectivity index (χ1v) is 13.9. The van der Waals surface area contributed by atoms with Crippen molar-refractivity contribution in [2.75, 3.05) is 18.0 Å². The maximum absolute atomic E-state index is 12.0. The van der Waals surface area contributed by atoms with Gasteiger partial charge in [-0.2, -0.15) is 9.97 Å². The number of rotatable bonds is 7. The lowest BCUT2D eigenvalue weighted by molar-refractivity contribution is -0.165. The molecule has 4 heterocycles. The second-order valence-electron chi connectivity index (χ2n) is 10.4. The summed E-state index contributed by atoms with van der Waals surface area (Å²) in [6, 6.07) is 20.8. The van der Waals surface area contributed by atoms with Crippen molar-refractivity contribution < 1.29 is 23.8 Å². The van der Waals surface area contributed by atoms with Crippen molar-refractivity contribution >= 4 is 40.5 Å². The van der Waals surface area contributed by atoms with Crippen molar-refractivity contribution in [2.45, 2.75) is 57.1 Å². The maximum atomic E-state index is 12.0. The number of benzene rings is 2. The number of halogens is 1. The van der Waals surface area contributed by atoms with Gasteiger partial charge in [-0.25, -0.2) is 4.98 Å². The number of anilines is 1. The van der Waals surface area contributed by atoms with Crippen LogP contribution in [0.4, 0.5) is 5.82 Å². The minimum Gasteiger partial charge on any atom is -0.456 e. The van der Waals surface area contributed by atoms with Crippen molar-refractivity contribution in [2.24, 2.45) is 0 Å². The molecule has 2 fully saturated rings. The van der Waals surface area contributed by atoms with Crippen LogP contribution < -0.4 is 4.90 Å². The second kappa shape index (κ2) is 10.8. The molecule has 10 nitrogen and oxygen atoms in total. The van der Waals surface area contributed by atoms with Gasteiger partial charge in [0.15, 0.2) is 35.4 Å². The third kappa shape index (κ3) is 4.81. The molecule has 2 aromatic carbocycles.